The van der Waals surface area contributed by atoms with Gasteiger partial charge in [0.2, 0.25) is 5.91 Å². The summed E-state index contributed by atoms with van der Waals surface area (Å²) in [5.74, 6) is -0.394. The summed E-state index contributed by atoms with van der Waals surface area (Å²) in [6.07, 6.45) is 1.82. The van der Waals surface area contributed by atoms with Crippen molar-refractivity contribution >= 4 is 11.9 Å². The third-order valence-corrected chi connectivity index (χ3v) is 4.64. The number of hydrogen-bond donors (Lipinski definition) is 1. The Morgan fingerprint density at radius 3 is 2.43 bits per heavy atom. The van der Waals surface area contributed by atoms with E-state index in [9.17, 15) is 14.7 Å². The zero-order valence-electron chi connectivity index (χ0n) is 14.3. The van der Waals surface area contributed by atoms with Crippen LogP contribution < -0.4 is 0 Å². The summed E-state index contributed by atoms with van der Waals surface area (Å²) in [7, 11) is 0. The molecule has 1 aromatic rings. The maximum Gasteiger partial charge on any atom is 0.308 e. The van der Waals surface area contributed by atoms with Crippen LogP contribution >= 0.6 is 0 Å². The van der Waals surface area contributed by atoms with Crippen molar-refractivity contribution in [3.63, 3.8) is 0 Å². The Hall–Kier alpha value is -1.84. The van der Waals surface area contributed by atoms with Crippen LogP contribution in [0.5, 0.6) is 0 Å². The van der Waals surface area contributed by atoms with Crippen molar-refractivity contribution < 1.29 is 14.7 Å². The van der Waals surface area contributed by atoms with Crippen molar-refractivity contribution in [2.45, 2.75) is 46.0 Å². The summed E-state index contributed by atoms with van der Waals surface area (Å²) < 4.78 is 0. The lowest BCUT2D eigenvalue weighted by molar-refractivity contribution is -0.146. The Morgan fingerprint density at radius 2 is 1.87 bits per heavy atom. The van der Waals surface area contributed by atoms with E-state index in [0.717, 1.165) is 5.56 Å². The molecule has 1 heterocycles. The number of carbonyl (C=O) groups excluding carboxylic acids is 1. The predicted octanol–water partition coefficient (Wildman–Crippen LogP) is 3.31. The summed E-state index contributed by atoms with van der Waals surface area (Å²) >= 11 is 0. The summed E-state index contributed by atoms with van der Waals surface area (Å²) in [5, 5.41) is 9.20. The zero-order chi connectivity index (χ0) is 17.0. The second-order valence-electron chi connectivity index (χ2n) is 7.07. The molecular formula is C19H27NO3. The molecule has 0 bridgehead atoms. The second-order valence-corrected chi connectivity index (χ2v) is 7.07. The standard InChI is InChI=1S/C19H27NO3/c1-13(2)16-7-4-15(5-8-16)6-9-18(21)20-11-14(3)10-17(12-20)19(22)23/h4-5,7-8,13-14,17H,6,9-12H2,1-3H3,(H,22,23). The van der Waals surface area contributed by atoms with Crippen LogP contribution in [0, 0.1) is 11.8 Å². The van der Waals surface area contributed by atoms with Gasteiger partial charge in [-0.3, -0.25) is 9.59 Å². The smallest absolute Gasteiger partial charge is 0.308 e. The fraction of sp³-hybridized carbons (Fsp3) is 0.579. The van der Waals surface area contributed by atoms with E-state index in [1.165, 1.54) is 5.56 Å². The molecule has 0 aromatic heterocycles. The van der Waals surface area contributed by atoms with Crippen molar-refractivity contribution in [1.82, 2.24) is 4.90 Å². The van der Waals surface area contributed by atoms with Gasteiger partial charge in [-0.05, 0) is 35.8 Å². The van der Waals surface area contributed by atoms with E-state index in [1.54, 1.807) is 4.90 Å². The van der Waals surface area contributed by atoms with Crippen LogP contribution in [0.1, 0.15) is 50.7 Å². The number of nitrogens with zero attached hydrogens (tertiary/aromatic N) is 1. The Balaban J connectivity index is 1.89. The lowest BCUT2D eigenvalue weighted by Gasteiger charge is -2.34. The first-order valence-corrected chi connectivity index (χ1v) is 8.46. The second kappa shape index (κ2) is 7.62. The van der Waals surface area contributed by atoms with Gasteiger partial charge in [-0.25, -0.2) is 0 Å². The average molecular weight is 317 g/mol. The monoisotopic (exact) mass is 317 g/mol. The number of aliphatic carboxylic acids is 1. The molecule has 1 aliphatic heterocycles. The third kappa shape index (κ3) is 4.81. The SMILES string of the molecule is CC1CC(C(=O)O)CN(C(=O)CCc2ccc(C(C)C)cc2)C1. The topological polar surface area (TPSA) is 57.6 Å². The van der Waals surface area contributed by atoms with Crippen molar-refractivity contribution in [2.75, 3.05) is 13.1 Å². The van der Waals surface area contributed by atoms with E-state index in [1.807, 2.05) is 6.92 Å². The quantitative estimate of drug-likeness (QED) is 0.906. The maximum atomic E-state index is 12.4. The molecule has 23 heavy (non-hydrogen) atoms. The largest absolute Gasteiger partial charge is 0.481 e. The molecule has 1 fully saturated rings. The van der Waals surface area contributed by atoms with Crippen LogP contribution in [-0.4, -0.2) is 35.0 Å². The number of amides is 1. The van der Waals surface area contributed by atoms with E-state index < -0.39 is 11.9 Å². The van der Waals surface area contributed by atoms with Crippen LogP contribution in [0.3, 0.4) is 0 Å². The summed E-state index contributed by atoms with van der Waals surface area (Å²) in [4.78, 5) is 25.3. The molecule has 4 nitrogen and oxygen atoms in total. The van der Waals surface area contributed by atoms with Gasteiger partial charge >= 0.3 is 5.97 Å². The van der Waals surface area contributed by atoms with Crippen LogP contribution in [0.25, 0.3) is 0 Å². The van der Waals surface area contributed by atoms with Gasteiger partial charge in [-0.1, -0.05) is 45.0 Å². The van der Waals surface area contributed by atoms with Crippen LogP contribution in [-0.2, 0) is 16.0 Å². The van der Waals surface area contributed by atoms with Crippen LogP contribution in [0.4, 0.5) is 0 Å². The molecule has 0 saturated carbocycles. The molecule has 1 aliphatic rings. The van der Waals surface area contributed by atoms with Gasteiger partial charge in [0, 0.05) is 19.5 Å². The fourth-order valence-electron chi connectivity index (χ4n) is 3.21. The minimum absolute atomic E-state index is 0.0655. The van der Waals surface area contributed by atoms with E-state index in [2.05, 4.69) is 38.1 Å². The fourth-order valence-corrected chi connectivity index (χ4v) is 3.21. The molecule has 0 radical (unpaired) electrons. The third-order valence-electron chi connectivity index (χ3n) is 4.64. The molecule has 126 valence electrons. The van der Waals surface area contributed by atoms with Crippen molar-refractivity contribution in [2.24, 2.45) is 11.8 Å². The van der Waals surface area contributed by atoms with Gasteiger partial charge in [0.15, 0.2) is 0 Å². The Labute approximate surface area is 138 Å². The molecule has 1 N–H and O–H groups in total. The van der Waals surface area contributed by atoms with Gasteiger partial charge in [-0.2, -0.15) is 0 Å². The molecule has 2 unspecified atom stereocenters. The van der Waals surface area contributed by atoms with Crippen LogP contribution in [0.2, 0.25) is 0 Å². The first-order valence-electron chi connectivity index (χ1n) is 8.46. The van der Waals surface area contributed by atoms with E-state index in [4.69, 9.17) is 0 Å². The number of carboxylic acid groups (broad SMARTS) is 1. The molecule has 0 aliphatic carbocycles. The first kappa shape index (κ1) is 17.5. The Morgan fingerprint density at radius 1 is 1.22 bits per heavy atom. The van der Waals surface area contributed by atoms with Gasteiger partial charge in [0.1, 0.15) is 0 Å². The highest BCUT2D eigenvalue weighted by Gasteiger charge is 2.31. The van der Waals surface area contributed by atoms with Crippen molar-refractivity contribution in [3.05, 3.63) is 35.4 Å². The molecule has 1 amide bonds. The minimum Gasteiger partial charge on any atom is -0.481 e. The lowest BCUT2D eigenvalue weighted by atomic mass is 9.90. The van der Waals surface area contributed by atoms with Crippen LogP contribution in [0.15, 0.2) is 24.3 Å². The molecule has 0 spiro atoms. The van der Waals surface area contributed by atoms with Crippen molar-refractivity contribution in [3.8, 4) is 0 Å². The summed E-state index contributed by atoms with van der Waals surface area (Å²) in [6.45, 7) is 7.36. The van der Waals surface area contributed by atoms with Crippen molar-refractivity contribution in [1.29, 1.82) is 0 Å². The highest BCUT2D eigenvalue weighted by atomic mass is 16.4. The molecule has 2 atom stereocenters. The van der Waals surface area contributed by atoms with E-state index in [0.29, 0.717) is 38.3 Å². The van der Waals surface area contributed by atoms with Gasteiger partial charge < -0.3 is 10.0 Å². The number of piperidine rings is 1. The molecule has 1 saturated heterocycles. The predicted molar refractivity (Wildman–Crippen MR) is 90.3 cm³/mol. The number of likely N-dealkylation sites (tertiary alicyclic amines) is 1. The van der Waals surface area contributed by atoms with E-state index in [-0.39, 0.29) is 11.8 Å². The number of rotatable bonds is 5. The summed E-state index contributed by atoms with van der Waals surface area (Å²) in [5.41, 5.74) is 2.46. The summed E-state index contributed by atoms with van der Waals surface area (Å²) in [6, 6.07) is 8.41. The molecule has 1 aromatic carbocycles. The highest BCUT2D eigenvalue weighted by Crippen LogP contribution is 2.23. The zero-order valence-corrected chi connectivity index (χ0v) is 14.3. The first-order chi connectivity index (χ1) is 10.9. The minimum atomic E-state index is -0.793. The number of aryl methyl sites for hydroxylation is 1. The number of benzene rings is 1. The average Bonchev–Trinajstić information content (AvgIpc) is 2.52. The number of hydrogen-bond acceptors (Lipinski definition) is 2. The lowest BCUT2D eigenvalue weighted by Crippen LogP contribution is -2.45. The van der Waals surface area contributed by atoms with Gasteiger partial charge in [0.25, 0.3) is 0 Å². The maximum absolute atomic E-state index is 12.4. The molecule has 2 rings (SSSR count). The Bertz CT molecular complexity index is 550. The Kier molecular flexibility index (Phi) is 5.80. The van der Waals surface area contributed by atoms with Gasteiger partial charge in [0.05, 0.1) is 5.92 Å². The normalized spacial score (nSPS) is 21.5. The molecule has 4 heteroatoms. The number of carbonyl (C=O) groups is 2. The molecular weight excluding hydrogens is 290 g/mol. The highest BCUT2D eigenvalue weighted by molar-refractivity contribution is 5.78. The van der Waals surface area contributed by atoms with Gasteiger partial charge in [-0.15, -0.1) is 0 Å². The number of carboxylic acids is 1. The van der Waals surface area contributed by atoms with E-state index >= 15 is 0 Å².